The molecule has 1 aromatic rings. The molecule has 1 unspecified atom stereocenters. The topological polar surface area (TPSA) is 96.2 Å². The van der Waals surface area contributed by atoms with Gasteiger partial charge in [0.25, 0.3) is 0 Å². The van der Waals surface area contributed by atoms with E-state index in [1.54, 1.807) is 25.0 Å². The highest BCUT2D eigenvalue weighted by molar-refractivity contribution is 7.98. The number of aliphatic carboxylic acids is 1. The van der Waals surface area contributed by atoms with E-state index in [4.69, 9.17) is 5.11 Å². The molecule has 0 spiro atoms. The molecule has 1 heterocycles. The fourth-order valence-electron chi connectivity index (χ4n) is 1.48. The molecule has 0 saturated carbocycles. The van der Waals surface area contributed by atoms with Crippen LogP contribution in [0.2, 0.25) is 0 Å². The van der Waals surface area contributed by atoms with Gasteiger partial charge in [0.15, 0.2) is 6.04 Å². The van der Waals surface area contributed by atoms with Crippen molar-refractivity contribution in [2.75, 3.05) is 18.6 Å². The van der Waals surface area contributed by atoms with Crippen LogP contribution >= 0.6 is 11.8 Å². The van der Waals surface area contributed by atoms with Gasteiger partial charge in [0.1, 0.15) is 0 Å². The van der Waals surface area contributed by atoms with Crippen molar-refractivity contribution in [2.45, 2.75) is 12.5 Å². The van der Waals surface area contributed by atoms with Gasteiger partial charge in [-0.2, -0.15) is 16.9 Å². The first-order chi connectivity index (χ1) is 9.04. The van der Waals surface area contributed by atoms with Crippen LogP contribution in [0.3, 0.4) is 0 Å². The number of carbonyl (C=O) groups excluding carboxylic acids is 1. The number of aromatic nitrogens is 2. The molecule has 19 heavy (non-hydrogen) atoms. The van der Waals surface area contributed by atoms with Crippen LogP contribution < -0.4 is 10.6 Å². The number of hydrogen-bond acceptors (Lipinski definition) is 4. The minimum Gasteiger partial charge on any atom is -0.479 e. The lowest BCUT2D eigenvalue weighted by Gasteiger charge is -2.13. The van der Waals surface area contributed by atoms with Crippen LogP contribution in [0.5, 0.6) is 0 Å². The molecule has 8 heteroatoms. The number of thioether (sulfide) groups is 1. The molecule has 0 aliphatic heterocycles. The second-order valence-corrected chi connectivity index (χ2v) is 4.95. The van der Waals surface area contributed by atoms with Crippen molar-refractivity contribution in [3.05, 3.63) is 18.0 Å². The van der Waals surface area contributed by atoms with Crippen LogP contribution in [-0.4, -0.2) is 45.4 Å². The molecule has 0 aliphatic carbocycles. The zero-order valence-corrected chi connectivity index (χ0v) is 11.7. The van der Waals surface area contributed by atoms with E-state index in [1.165, 1.54) is 10.9 Å². The van der Waals surface area contributed by atoms with Crippen molar-refractivity contribution >= 4 is 23.8 Å². The van der Waals surface area contributed by atoms with Gasteiger partial charge < -0.3 is 15.7 Å². The molecular formula is C11H18N4O3S. The molecule has 0 aromatic carbocycles. The van der Waals surface area contributed by atoms with Crippen LogP contribution in [0.4, 0.5) is 4.79 Å². The number of carbonyl (C=O) groups is 2. The average molecular weight is 286 g/mol. The highest BCUT2D eigenvalue weighted by atomic mass is 32.2. The van der Waals surface area contributed by atoms with Crippen molar-refractivity contribution in [3.63, 3.8) is 0 Å². The predicted octanol–water partition coefficient (Wildman–Crippen LogP) is 0.598. The molecule has 1 atom stereocenters. The maximum Gasteiger partial charge on any atom is 0.331 e. The van der Waals surface area contributed by atoms with Crippen molar-refractivity contribution in [3.8, 4) is 0 Å². The molecule has 2 amide bonds. The smallest absolute Gasteiger partial charge is 0.331 e. The van der Waals surface area contributed by atoms with Gasteiger partial charge in [-0.3, -0.25) is 4.68 Å². The molecule has 0 bridgehead atoms. The Balaban J connectivity index is 2.50. The third-order valence-electron chi connectivity index (χ3n) is 2.39. The highest BCUT2D eigenvalue weighted by Crippen LogP contribution is 2.11. The Hall–Kier alpha value is -1.70. The molecular weight excluding hydrogens is 268 g/mol. The first-order valence-corrected chi connectivity index (χ1v) is 7.18. The Morgan fingerprint density at radius 2 is 2.32 bits per heavy atom. The molecule has 106 valence electrons. The van der Waals surface area contributed by atoms with E-state index in [-0.39, 0.29) is 0 Å². The van der Waals surface area contributed by atoms with Gasteiger partial charge in [-0.15, -0.1) is 0 Å². The van der Waals surface area contributed by atoms with E-state index in [1.807, 2.05) is 6.26 Å². The number of carboxylic acids is 1. The molecule has 0 aliphatic rings. The normalized spacial score (nSPS) is 11.9. The highest BCUT2D eigenvalue weighted by Gasteiger charge is 2.23. The lowest BCUT2D eigenvalue weighted by atomic mass is 10.1. The maximum absolute atomic E-state index is 11.6. The number of nitrogens with zero attached hydrogens (tertiary/aromatic N) is 2. The summed E-state index contributed by atoms with van der Waals surface area (Å²) < 4.78 is 1.49. The van der Waals surface area contributed by atoms with E-state index in [0.717, 1.165) is 12.2 Å². The molecule has 0 saturated heterocycles. The number of hydrogen-bond donors (Lipinski definition) is 3. The summed E-state index contributed by atoms with van der Waals surface area (Å²) in [7, 11) is 1.69. The van der Waals surface area contributed by atoms with Gasteiger partial charge in [-0.05, 0) is 18.4 Å². The Kier molecular flexibility index (Phi) is 6.20. The quantitative estimate of drug-likeness (QED) is 0.638. The second-order valence-electron chi connectivity index (χ2n) is 3.97. The number of rotatable bonds is 7. The summed E-state index contributed by atoms with van der Waals surface area (Å²) in [5.74, 6) is -0.169. The summed E-state index contributed by atoms with van der Waals surface area (Å²) in [5, 5.41) is 18.0. The van der Waals surface area contributed by atoms with Gasteiger partial charge in [0.2, 0.25) is 0 Å². The number of aryl methyl sites for hydroxylation is 1. The third kappa shape index (κ3) is 5.21. The number of carboxylic acid groups (broad SMARTS) is 1. The van der Waals surface area contributed by atoms with Crippen molar-refractivity contribution in [1.29, 1.82) is 0 Å². The van der Waals surface area contributed by atoms with Gasteiger partial charge in [-0.25, -0.2) is 9.59 Å². The second kappa shape index (κ2) is 7.67. The van der Waals surface area contributed by atoms with Crippen molar-refractivity contribution < 1.29 is 14.7 Å². The van der Waals surface area contributed by atoms with Crippen LogP contribution in [-0.2, 0) is 11.8 Å². The molecule has 0 radical (unpaired) electrons. The summed E-state index contributed by atoms with van der Waals surface area (Å²) in [6, 6.07) is -1.58. The minimum absolute atomic E-state index is 0.439. The summed E-state index contributed by atoms with van der Waals surface area (Å²) in [4.78, 5) is 22.7. The van der Waals surface area contributed by atoms with Crippen LogP contribution in [0.15, 0.2) is 12.4 Å². The van der Waals surface area contributed by atoms with E-state index in [0.29, 0.717) is 12.1 Å². The predicted molar refractivity (Wildman–Crippen MR) is 73.1 cm³/mol. The van der Waals surface area contributed by atoms with Gasteiger partial charge >= 0.3 is 12.0 Å². The molecule has 1 aromatic heterocycles. The summed E-state index contributed by atoms with van der Waals surface area (Å²) in [5.41, 5.74) is 0.439. The maximum atomic E-state index is 11.6. The average Bonchev–Trinajstić information content (AvgIpc) is 2.78. The van der Waals surface area contributed by atoms with E-state index in [2.05, 4.69) is 15.7 Å². The minimum atomic E-state index is -1.12. The Morgan fingerprint density at radius 3 is 2.84 bits per heavy atom. The zero-order valence-electron chi connectivity index (χ0n) is 10.9. The summed E-state index contributed by atoms with van der Waals surface area (Å²) in [6.45, 7) is 0.520. The summed E-state index contributed by atoms with van der Waals surface area (Å²) >= 11 is 1.69. The van der Waals surface area contributed by atoms with Gasteiger partial charge in [0.05, 0.1) is 6.20 Å². The Morgan fingerprint density at radius 1 is 1.58 bits per heavy atom. The third-order valence-corrected chi connectivity index (χ3v) is 3.09. The fourth-order valence-corrected chi connectivity index (χ4v) is 1.91. The van der Waals surface area contributed by atoms with E-state index >= 15 is 0 Å². The van der Waals surface area contributed by atoms with Crippen LogP contribution in [0, 0.1) is 0 Å². The molecule has 1 rings (SSSR count). The number of amides is 2. The van der Waals surface area contributed by atoms with Crippen molar-refractivity contribution in [2.24, 2.45) is 7.05 Å². The Labute approximate surface area is 115 Å². The van der Waals surface area contributed by atoms with Gasteiger partial charge in [-0.1, -0.05) is 0 Å². The Bertz CT molecular complexity index is 435. The fraction of sp³-hybridized carbons (Fsp3) is 0.545. The first-order valence-electron chi connectivity index (χ1n) is 5.79. The van der Waals surface area contributed by atoms with Crippen LogP contribution in [0.1, 0.15) is 18.0 Å². The van der Waals surface area contributed by atoms with E-state index < -0.39 is 18.0 Å². The molecule has 7 nitrogen and oxygen atoms in total. The van der Waals surface area contributed by atoms with Gasteiger partial charge in [0, 0.05) is 25.4 Å². The monoisotopic (exact) mass is 286 g/mol. The van der Waals surface area contributed by atoms with Crippen LogP contribution in [0.25, 0.3) is 0 Å². The lowest BCUT2D eigenvalue weighted by molar-refractivity contribution is -0.139. The first kappa shape index (κ1) is 15.4. The number of urea groups is 1. The molecule has 0 fully saturated rings. The SMILES string of the molecule is CSCCCNC(=O)NC(C(=O)O)c1cnn(C)c1. The number of nitrogens with one attached hydrogen (secondary N) is 2. The zero-order chi connectivity index (χ0) is 14.3. The largest absolute Gasteiger partial charge is 0.479 e. The summed E-state index contributed by atoms with van der Waals surface area (Å²) in [6.07, 6.45) is 5.82. The molecule has 3 N–H and O–H groups in total. The lowest BCUT2D eigenvalue weighted by Crippen LogP contribution is -2.41. The standard InChI is InChI=1S/C11H18N4O3S/c1-15-7-8(6-13-15)9(10(16)17)14-11(18)12-4-3-5-19-2/h6-7,9H,3-5H2,1-2H3,(H,16,17)(H2,12,14,18). The van der Waals surface area contributed by atoms with E-state index in [9.17, 15) is 9.59 Å². The van der Waals surface area contributed by atoms with Crippen molar-refractivity contribution in [1.82, 2.24) is 20.4 Å².